The smallest absolute Gasteiger partial charge is 0.256 e. The molecular formula is C26H26N4O5S2. The van der Waals surface area contributed by atoms with Crippen molar-refractivity contribution < 1.29 is 22.7 Å². The lowest BCUT2D eigenvalue weighted by atomic mass is 10.1. The maximum Gasteiger partial charge on any atom is 0.256 e. The molecule has 0 spiro atoms. The van der Waals surface area contributed by atoms with E-state index < -0.39 is 16.1 Å². The molecule has 1 atom stereocenters. The number of benzene rings is 3. The van der Waals surface area contributed by atoms with Crippen molar-refractivity contribution in [1.82, 2.24) is 4.90 Å². The number of hydrogen-bond acceptors (Lipinski definition) is 6. The zero-order chi connectivity index (χ0) is 26.6. The molecule has 0 bridgehead atoms. The molecule has 1 fully saturated rings. The van der Waals surface area contributed by atoms with Crippen LogP contribution in [0.15, 0.2) is 83.8 Å². The summed E-state index contributed by atoms with van der Waals surface area (Å²) in [5.74, 6) is 0.0467. The summed E-state index contributed by atoms with van der Waals surface area (Å²) in [7, 11) is -2.23. The maximum absolute atomic E-state index is 13.5. The van der Waals surface area contributed by atoms with Crippen LogP contribution < -0.4 is 20.1 Å². The van der Waals surface area contributed by atoms with E-state index >= 15 is 0 Å². The van der Waals surface area contributed by atoms with Gasteiger partial charge in [-0.1, -0.05) is 30.3 Å². The predicted octanol–water partition coefficient (Wildman–Crippen LogP) is 2.92. The van der Waals surface area contributed by atoms with Crippen molar-refractivity contribution in [3.05, 3.63) is 84.4 Å². The average molecular weight is 539 g/mol. The second-order valence-corrected chi connectivity index (χ2v) is 10.3. The number of thiocarbonyl (C=S) groups is 1. The van der Waals surface area contributed by atoms with E-state index in [9.17, 15) is 18.0 Å². The van der Waals surface area contributed by atoms with Crippen LogP contribution in [0.3, 0.4) is 0 Å². The molecule has 1 aliphatic rings. The number of primary sulfonamides is 1. The highest BCUT2D eigenvalue weighted by atomic mass is 32.2. The Bertz CT molecular complexity index is 1400. The highest BCUT2D eigenvalue weighted by Gasteiger charge is 2.43. The molecule has 1 saturated heterocycles. The largest absolute Gasteiger partial charge is 0.497 e. The SMILES string of the molecule is COc1ccc(NC(=O)CC2C(=O)N(c3ccccc3)C(=S)N2CCc2ccc(S(N)(=O)=O)cc2)cc1. The van der Waals surface area contributed by atoms with Gasteiger partial charge in [0, 0.05) is 12.2 Å². The number of anilines is 2. The third-order valence-corrected chi connectivity index (χ3v) is 7.33. The van der Waals surface area contributed by atoms with Crippen LogP contribution in [0.5, 0.6) is 5.75 Å². The molecule has 37 heavy (non-hydrogen) atoms. The van der Waals surface area contributed by atoms with Gasteiger partial charge in [-0.25, -0.2) is 13.6 Å². The first-order valence-electron chi connectivity index (χ1n) is 11.4. The Morgan fingerprint density at radius 1 is 1.03 bits per heavy atom. The van der Waals surface area contributed by atoms with Gasteiger partial charge >= 0.3 is 0 Å². The number of methoxy groups -OCH3 is 1. The summed E-state index contributed by atoms with van der Waals surface area (Å²) in [4.78, 5) is 29.6. The normalized spacial score (nSPS) is 15.7. The number of nitrogens with zero attached hydrogens (tertiary/aromatic N) is 2. The van der Waals surface area contributed by atoms with Crippen LogP contribution >= 0.6 is 12.2 Å². The number of nitrogens with one attached hydrogen (secondary N) is 1. The fourth-order valence-corrected chi connectivity index (χ4v) is 4.99. The molecule has 9 nitrogen and oxygen atoms in total. The number of para-hydroxylation sites is 1. The van der Waals surface area contributed by atoms with Gasteiger partial charge in [0.15, 0.2) is 5.11 Å². The summed E-state index contributed by atoms with van der Waals surface area (Å²) in [6, 6.07) is 21.4. The lowest BCUT2D eigenvalue weighted by Gasteiger charge is -2.24. The van der Waals surface area contributed by atoms with Crippen LogP contribution in [0.2, 0.25) is 0 Å². The van der Waals surface area contributed by atoms with Gasteiger partial charge in [-0.2, -0.15) is 0 Å². The molecule has 0 radical (unpaired) electrons. The zero-order valence-corrected chi connectivity index (χ0v) is 21.7. The number of rotatable bonds is 9. The molecule has 0 aliphatic carbocycles. The molecule has 0 saturated carbocycles. The molecule has 192 valence electrons. The van der Waals surface area contributed by atoms with Gasteiger partial charge in [-0.15, -0.1) is 0 Å². The van der Waals surface area contributed by atoms with Gasteiger partial charge < -0.3 is 15.0 Å². The molecule has 3 aromatic carbocycles. The Balaban J connectivity index is 1.53. The van der Waals surface area contributed by atoms with Crippen LogP contribution in [-0.4, -0.2) is 49.9 Å². The Kier molecular flexibility index (Phi) is 7.86. The summed E-state index contributed by atoms with van der Waals surface area (Å²) < 4.78 is 28.2. The first-order valence-corrected chi connectivity index (χ1v) is 13.4. The summed E-state index contributed by atoms with van der Waals surface area (Å²) >= 11 is 5.68. The molecule has 3 aromatic rings. The van der Waals surface area contributed by atoms with E-state index in [0.717, 1.165) is 5.56 Å². The van der Waals surface area contributed by atoms with Gasteiger partial charge in [-0.05, 0) is 72.7 Å². The van der Waals surface area contributed by atoms with Crippen molar-refractivity contribution in [3.63, 3.8) is 0 Å². The summed E-state index contributed by atoms with van der Waals surface area (Å²) in [6.45, 7) is 0.350. The Morgan fingerprint density at radius 3 is 2.27 bits per heavy atom. The van der Waals surface area contributed by atoms with E-state index in [4.69, 9.17) is 22.1 Å². The van der Waals surface area contributed by atoms with Crippen LogP contribution in [0.4, 0.5) is 11.4 Å². The number of nitrogens with two attached hydrogens (primary N) is 1. The molecule has 4 rings (SSSR count). The summed E-state index contributed by atoms with van der Waals surface area (Å²) in [5.41, 5.74) is 2.04. The van der Waals surface area contributed by atoms with Crippen LogP contribution in [0.1, 0.15) is 12.0 Å². The van der Waals surface area contributed by atoms with E-state index in [1.165, 1.54) is 17.0 Å². The lowest BCUT2D eigenvalue weighted by molar-refractivity contribution is -0.124. The molecule has 1 unspecified atom stereocenters. The van der Waals surface area contributed by atoms with Gasteiger partial charge in [0.1, 0.15) is 11.8 Å². The Labute approximate surface area is 220 Å². The maximum atomic E-state index is 13.5. The number of carbonyl (C=O) groups excluding carboxylic acids is 2. The summed E-state index contributed by atoms with van der Waals surface area (Å²) in [6.07, 6.45) is 0.371. The average Bonchev–Trinajstić information content (AvgIpc) is 3.11. The van der Waals surface area contributed by atoms with Crippen molar-refractivity contribution >= 4 is 50.5 Å². The molecule has 1 heterocycles. The minimum Gasteiger partial charge on any atom is -0.497 e. The van der Waals surface area contributed by atoms with Crippen molar-refractivity contribution in [2.45, 2.75) is 23.8 Å². The number of amides is 2. The molecule has 11 heteroatoms. The standard InChI is InChI=1S/C26H26N4O5S2/c1-35-21-11-9-19(10-12-21)28-24(31)17-23-25(32)30(20-5-3-2-4-6-20)26(36)29(23)16-15-18-7-13-22(14-8-18)37(27,33)34/h2-14,23H,15-17H2,1H3,(H,28,31)(H2,27,33,34). The minimum atomic E-state index is -3.79. The number of sulfonamides is 1. The van der Waals surface area contributed by atoms with Crippen LogP contribution in [0.25, 0.3) is 0 Å². The first kappa shape index (κ1) is 26.3. The molecule has 1 aliphatic heterocycles. The van der Waals surface area contributed by atoms with Gasteiger partial charge in [0.05, 0.1) is 24.1 Å². The fraction of sp³-hybridized carbons (Fsp3) is 0.192. The Morgan fingerprint density at radius 2 is 1.68 bits per heavy atom. The molecule has 2 amide bonds. The van der Waals surface area contributed by atoms with E-state index in [1.54, 1.807) is 60.5 Å². The molecular weight excluding hydrogens is 512 g/mol. The first-order chi connectivity index (χ1) is 17.7. The highest BCUT2D eigenvalue weighted by molar-refractivity contribution is 7.89. The fourth-order valence-electron chi connectivity index (χ4n) is 4.06. The topological polar surface area (TPSA) is 122 Å². The highest BCUT2D eigenvalue weighted by Crippen LogP contribution is 2.28. The van der Waals surface area contributed by atoms with E-state index in [1.807, 2.05) is 18.2 Å². The van der Waals surface area contributed by atoms with Crippen LogP contribution in [0, 0.1) is 0 Å². The van der Waals surface area contributed by atoms with Crippen molar-refractivity contribution in [1.29, 1.82) is 0 Å². The quantitative estimate of drug-likeness (QED) is 0.402. The van der Waals surface area contributed by atoms with Gasteiger partial charge in [0.25, 0.3) is 5.91 Å². The van der Waals surface area contributed by atoms with E-state index in [2.05, 4.69) is 5.32 Å². The van der Waals surface area contributed by atoms with Crippen molar-refractivity contribution in [3.8, 4) is 5.75 Å². The third-order valence-electron chi connectivity index (χ3n) is 5.98. The van der Waals surface area contributed by atoms with Crippen molar-refractivity contribution in [2.75, 3.05) is 23.9 Å². The third kappa shape index (κ3) is 6.13. The monoisotopic (exact) mass is 538 g/mol. The molecule has 3 N–H and O–H groups in total. The van der Waals surface area contributed by atoms with Gasteiger partial charge in [0.2, 0.25) is 15.9 Å². The summed E-state index contributed by atoms with van der Waals surface area (Å²) in [5, 5.41) is 8.30. The lowest BCUT2D eigenvalue weighted by Crippen LogP contribution is -2.39. The second-order valence-electron chi connectivity index (χ2n) is 8.42. The number of ether oxygens (including phenoxy) is 1. The van der Waals surface area contributed by atoms with E-state index in [0.29, 0.717) is 35.2 Å². The van der Waals surface area contributed by atoms with Gasteiger partial charge in [-0.3, -0.25) is 14.5 Å². The second kappa shape index (κ2) is 11.1. The Hall–Kier alpha value is -3.80. The number of hydrogen-bond donors (Lipinski definition) is 2. The minimum absolute atomic E-state index is 0.0199. The number of carbonyl (C=O) groups is 2. The molecule has 0 aromatic heterocycles. The van der Waals surface area contributed by atoms with Crippen molar-refractivity contribution in [2.24, 2.45) is 5.14 Å². The van der Waals surface area contributed by atoms with Crippen LogP contribution in [-0.2, 0) is 26.0 Å². The zero-order valence-electron chi connectivity index (χ0n) is 20.0. The van der Waals surface area contributed by atoms with E-state index in [-0.39, 0.29) is 23.1 Å². The predicted molar refractivity (Wildman–Crippen MR) is 145 cm³/mol.